The van der Waals surface area contributed by atoms with Crippen molar-refractivity contribution < 1.29 is 9.90 Å². The van der Waals surface area contributed by atoms with Crippen molar-refractivity contribution in [3.05, 3.63) is 41.5 Å². The summed E-state index contributed by atoms with van der Waals surface area (Å²) in [5.74, 6) is -0.550. The number of thioether (sulfide) groups is 1. The molecule has 0 saturated heterocycles. The van der Waals surface area contributed by atoms with Crippen LogP contribution in [-0.2, 0) is 6.42 Å². The van der Waals surface area contributed by atoms with Crippen LogP contribution in [0, 0.1) is 0 Å². The van der Waals surface area contributed by atoms with Crippen molar-refractivity contribution in [2.24, 2.45) is 0 Å². The first kappa shape index (κ1) is 13.9. The number of aromatic carboxylic acids is 1. The number of hydrogen-bond donors (Lipinski definition) is 1. The molecule has 5 nitrogen and oxygen atoms in total. The van der Waals surface area contributed by atoms with E-state index in [2.05, 4.69) is 16.3 Å². The van der Waals surface area contributed by atoms with Crippen molar-refractivity contribution in [1.82, 2.24) is 10.2 Å². The number of carboxylic acid groups (broad SMARTS) is 1. The lowest BCUT2D eigenvalue weighted by atomic mass is 10.0. The molecule has 1 aliphatic rings. The third-order valence-corrected chi connectivity index (χ3v) is 4.18. The van der Waals surface area contributed by atoms with Gasteiger partial charge in [-0.3, -0.25) is 0 Å². The third-order valence-electron chi connectivity index (χ3n) is 3.56. The van der Waals surface area contributed by atoms with E-state index in [1.54, 1.807) is 6.07 Å². The fourth-order valence-corrected chi connectivity index (χ4v) is 2.94. The van der Waals surface area contributed by atoms with E-state index in [4.69, 9.17) is 0 Å². The Hall–Kier alpha value is -2.08. The molecule has 0 amide bonds. The van der Waals surface area contributed by atoms with Gasteiger partial charge in [-0.25, -0.2) is 4.79 Å². The van der Waals surface area contributed by atoms with Crippen LogP contribution in [0.1, 0.15) is 22.3 Å². The van der Waals surface area contributed by atoms with Crippen LogP contribution in [0.3, 0.4) is 0 Å². The number of hydrogen-bond acceptors (Lipinski definition) is 5. The van der Waals surface area contributed by atoms with Gasteiger partial charge in [-0.15, -0.1) is 22.0 Å². The van der Waals surface area contributed by atoms with Crippen molar-refractivity contribution in [1.29, 1.82) is 0 Å². The zero-order valence-corrected chi connectivity index (χ0v) is 12.4. The zero-order valence-electron chi connectivity index (χ0n) is 11.6. The van der Waals surface area contributed by atoms with E-state index in [0.29, 0.717) is 10.8 Å². The Balaban J connectivity index is 2.11. The van der Waals surface area contributed by atoms with Crippen LogP contribution in [0.2, 0.25) is 0 Å². The molecule has 0 fully saturated rings. The maximum absolute atomic E-state index is 11.5. The van der Waals surface area contributed by atoms with E-state index in [9.17, 15) is 9.90 Å². The number of aryl methyl sites for hydroxylation is 1. The molecule has 0 saturated carbocycles. The summed E-state index contributed by atoms with van der Waals surface area (Å²) in [5, 5.41) is 18.3. The minimum absolute atomic E-state index is 0.200. The molecule has 1 aromatic carbocycles. The molecule has 3 rings (SSSR count). The molecule has 1 aromatic heterocycles. The number of fused-ring (bicyclic) bond motifs is 1. The van der Waals surface area contributed by atoms with Crippen molar-refractivity contribution in [3.63, 3.8) is 0 Å². The summed E-state index contributed by atoms with van der Waals surface area (Å²) in [5.41, 5.74) is 2.44. The van der Waals surface area contributed by atoms with Gasteiger partial charge in [-0.05, 0) is 36.8 Å². The van der Waals surface area contributed by atoms with Gasteiger partial charge in [0.05, 0.1) is 0 Å². The lowest BCUT2D eigenvalue weighted by molar-refractivity contribution is 0.0696. The molecule has 2 heterocycles. The molecule has 6 heteroatoms. The van der Waals surface area contributed by atoms with Crippen LogP contribution in [0.4, 0.5) is 11.5 Å². The Morgan fingerprint density at radius 2 is 2.14 bits per heavy atom. The lowest BCUT2D eigenvalue weighted by Gasteiger charge is -2.30. The van der Waals surface area contributed by atoms with Gasteiger partial charge >= 0.3 is 5.97 Å². The predicted molar refractivity (Wildman–Crippen MR) is 82.5 cm³/mol. The van der Waals surface area contributed by atoms with Crippen LogP contribution < -0.4 is 4.90 Å². The first-order chi connectivity index (χ1) is 10.2. The number of carboxylic acids is 1. The van der Waals surface area contributed by atoms with Gasteiger partial charge in [0.25, 0.3) is 0 Å². The molecule has 0 atom stereocenters. The second-order valence-corrected chi connectivity index (χ2v) is 5.64. The summed E-state index contributed by atoms with van der Waals surface area (Å²) in [7, 11) is 0. The smallest absolute Gasteiger partial charge is 0.339 e. The topological polar surface area (TPSA) is 66.3 Å². The van der Waals surface area contributed by atoms with Crippen LogP contribution >= 0.6 is 11.8 Å². The number of carbonyl (C=O) groups is 1. The molecule has 2 aromatic rings. The number of benzene rings is 1. The first-order valence-corrected chi connectivity index (χ1v) is 7.93. The molecule has 108 valence electrons. The van der Waals surface area contributed by atoms with E-state index in [1.165, 1.54) is 17.3 Å². The Morgan fingerprint density at radius 1 is 1.33 bits per heavy atom. The van der Waals surface area contributed by atoms with Crippen molar-refractivity contribution in [2.75, 3.05) is 17.7 Å². The molecule has 0 radical (unpaired) electrons. The standard InChI is InChI=1S/C15H15N3O2S/c1-21-13-9-11(15(19)20)14(17-16-13)18-8-4-6-10-5-2-3-7-12(10)18/h2-3,5,7,9H,4,6,8H2,1H3,(H,19,20). The van der Waals surface area contributed by atoms with Crippen LogP contribution in [0.25, 0.3) is 0 Å². The van der Waals surface area contributed by atoms with Gasteiger partial charge in [-0.1, -0.05) is 18.2 Å². The molecule has 21 heavy (non-hydrogen) atoms. The molecule has 1 aliphatic heterocycles. The summed E-state index contributed by atoms with van der Waals surface area (Å²) in [6.07, 6.45) is 3.83. The fourth-order valence-electron chi connectivity index (χ4n) is 2.58. The highest BCUT2D eigenvalue weighted by molar-refractivity contribution is 7.98. The number of rotatable bonds is 3. The quantitative estimate of drug-likeness (QED) is 0.879. The van der Waals surface area contributed by atoms with Gasteiger partial charge in [0.1, 0.15) is 10.6 Å². The van der Waals surface area contributed by atoms with Crippen LogP contribution in [-0.4, -0.2) is 34.1 Å². The average molecular weight is 301 g/mol. The highest BCUT2D eigenvalue weighted by atomic mass is 32.2. The molecule has 0 unspecified atom stereocenters. The normalized spacial score (nSPS) is 13.9. The van der Waals surface area contributed by atoms with Crippen molar-refractivity contribution >= 4 is 29.2 Å². The molecule has 0 spiro atoms. The minimum atomic E-state index is -0.974. The summed E-state index contributed by atoms with van der Waals surface area (Å²) in [6.45, 7) is 0.755. The van der Waals surface area contributed by atoms with Gasteiger partial charge < -0.3 is 10.0 Å². The molecular weight excluding hydrogens is 286 g/mol. The largest absolute Gasteiger partial charge is 0.478 e. The highest BCUT2D eigenvalue weighted by Crippen LogP contribution is 2.34. The number of anilines is 2. The number of aromatic nitrogens is 2. The molecule has 1 N–H and O–H groups in total. The maximum Gasteiger partial charge on any atom is 0.339 e. The SMILES string of the molecule is CSc1cc(C(=O)O)c(N2CCCc3ccccc32)nn1. The van der Waals surface area contributed by atoms with E-state index >= 15 is 0 Å². The van der Waals surface area contributed by atoms with Crippen LogP contribution in [0.5, 0.6) is 0 Å². The fraction of sp³-hybridized carbons (Fsp3) is 0.267. The minimum Gasteiger partial charge on any atom is -0.478 e. The Bertz CT molecular complexity index is 690. The predicted octanol–water partition coefficient (Wildman–Crippen LogP) is 2.98. The third kappa shape index (κ3) is 2.58. The number of nitrogens with zero attached hydrogens (tertiary/aromatic N) is 3. The monoisotopic (exact) mass is 301 g/mol. The Kier molecular flexibility index (Phi) is 3.79. The van der Waals surface area contributed by atoms with Crippen molar-refractivity contribution in [2.45, 2.75) is 17.9 Å². The number of para-hydroxylation sites is 1. The lowest BCUT2D eigenvalue weighted by Crippen LogP contribution is -2.27. The zero-order chi connectivity index (χ0) is 14.8. The molecule has 0 bridgehead atoms. The van der Waals surface area contributed by atoms with Gasteiger partial charge in [0, 0.05) is 12.2 Å². The summed E-state index contributed by atoms with van der Waals surface area (Å²) in [6, 6.07) is 9.63. The van der Waals surface area contributed by atoms with E-state index < -0.39 is 5.97 Å². The van der Waals surface area contributed by atoms with E-state index in [1.807, 2.05) is 29.4 Å². The van der Waals surface area contributed by atoms with Gasteiger partial charge in [0.2, 0.25) is 0 Å². The average Bonchev–Trinajstić information content (AvgIpc) is 2.53. The second-order valence-electron chi connectivity index (χ2n) is 4.81. The van der Waals surface area contributed by atoms with Crippen LogP contribution in [0.15, 0.2) is 35.4 Å². The summed E-state index contributed by atoms with van der Waals surface area (Å²) >= 11 is 1.39. The first-order valence-electron chi connectivity index (χ1n) is 6.71. The Labute approximate surface area is 127 Å². The summed E-state index contributed by atoms with van der Waals surface area (Å²) < 4.78 is 0. The Morgan fingerprint density at radius 3 is 2.90 bits per heavy atom. The van der Waals surface area contributed by atoms with E-state index in [-0.39, 0.29) is 5.56 Å². The highest BCUT2D eigenvalue weighted by Gasteiger charge is 2.24. The van der Waals surface area contributed by atoms with Gasteiger partial charge in [-0.2, -0.15) is 0 Å². The van der Waals surface area contributed by atoms with Gasteiger partial charge in [0.15, 0.2) is 5.82 Å². The van der Waals surface area contributed by atoms with E-state index in [0.717, 1.165) is 25.1 Å². The summed E-state index contributed by atoms with van der Waals surface area (Å²) in [4.78, 5) is 13.5. The maximum atomic E-state index is 11.5. The molecular formula is C15H15N3O2S. The van der Waals surface area contributed by atoms with Crippen molar-refractivity contribution in [3.8, 4) is 0 Å². The second kappa shape index (κ2) is 5.73. The molecule has 0 aliphatic carbocycles.